The van der Waals surface area contributed by atoms with E-state index in [0.29, 0.717) is 16.7 Å². The van der Waals surface area contributed by atoms with Crippen molar-refractivity contribution in [2.45, 2.75) is 51.7 Å². The minimum Gasteiger partial charge on any atom is -0.370 e. The topological polar surface area (TPSA) is 101 Å². The Balaban J connectivity index is 0.00000129. The maximum absolute atomic E-state index is 14.3. The average Bonchev–Trinajstić information content (AvgIpc) is 2.87. The third kappa shape index (κ3) is 7.03. The molecular formula is C24H27F4N3O3. The average molecular weight is 481 g/mol. The molecule has 0 fully saturated rings. The van der Waals surface area contributed by atoms with Crippen LogP contribution in [0.2, 0.25) is 0 Å². The first-order valence-corrected chi connectivity index (χ1v) is 10.8. The normalized spacial score (nSPS) is 15.5. The molecule has 2 unspecified atom stereocenters. The smallest absolute Gasteiger partial charge is 0.370 e. The highest BCUT2D eigenvalue weighted by molar-refractivity contribution is 6.05. The van der Waals surface area contributed by atoms with Crippen molar-refractivity contribution in [1.29, 1.82) is 0 Å². The predicted octanol–water partition coefficient (Wildman–Crippen LogP) is 4.85. The lowest BCUT2D eigenvalue weighted by Crippen LogP contribution is -2.41. The molecule has 1 heterocycles. The lowest BCUT2D eigenvalue weighted by Gasteiger charge is -2.22. The molecule has 1 aliphatic rings. The van der Waals surface area contributed by atoms with Crippen LogP contribution in [-0.4, -0.2) is 23.9 Å². The van der Waals surface area contributed by atoms with Crippen LogP contribution in [0, 0.1) is 11.7 Å². The van der Waals surface area contributed by atoms with E-state index in [0.717, 1.165) is 0 Å². The van der Waals surface area contributed by atoms with Gasteiger partial charge in [-0.15, -0.1) is 0 Å². The lowest BCUT2D eigenvalue weighted by molar-refractivity contribution is -0.143. The summed E-state index contributed by atoms with van der Waals surface area (Å²) in [7, 11) is 0. The van der Waals surface area contributed by atoms with Gasteiger partial charge in [0.2, 0.25) is 11.8 Å². The summed E-state index contributed by atoms with van der Waals surface area (Å²) in [6.45, 7) is 4.25. The number of rotatable bonds is 6. The number of halogens is 4. The van der Waals surface area contributed by atoms with E-state index in [1.54, 1.807) is 30.3 Å². The number of nitrogens with one attached hydrogen (secondary N) is 2. The van der Waals surface area contributed by atoms with Crippen molar-refractivity contribution in [2.75, 3.05) is 5.32 Å². The van der Waals surface area contributed by atoms with Crippen LogP contribution in [0.3, 0.4) is 0 Å². The number of alkyl halides is 3. The highest BCUT2D eigenvalue weighted by Crippen LogP contribution is 2.38. The maximum Gasteiger partial charge on any atom is 0.389 e. The van der Waals surface area contributed by atoms with Crippen LogP contribution in [0.15, 0.2) is 42.5 Å². The quantitative estimate of drug-likeness (QED) is 0.514. The molecule has 2 aromatic rings. The first-order chi connectivity index (χ1) is 16.0. The zero-order chi connectivity index (χ0) is 25.5. The fourth-order valence-electron chi connectivity index (χ4n) is 3.52. The Kier molecular flexibility index (Phi) is 9.17. The minimum atomic E-state index is -4.53. The number of amides is 3. The van der Waals surface area contributed by atoms with Gasteiger partial charge < -0.3 is 16.4 Å². The number of carbonyl (C=O) groups excluding carboxylic acids is 3. The molecule has 0 aromatic heterocycles. The van der Waals surface area contributed by atoms with E-state index in [-0.39, 0.29) is 5.69 Å². The lowest BCUT2D eigenvalue weighted by atomic mass is 9.93. The van der Waals surface area contributed by atoms with Gasteiger partial charge in [0.15, 0.2) is 0 Å². The largest absolute Gasteiger partial charge is 0.389 e. The van der Waals surface area contributed by atoms with Crippen LogP contribution in [0.5, 0.6) is 0 Å². The van der Waals surface area contributed by atoms with Gasteiger partial charge in [-0.1, -0.05) is 56.7 Å². The van der Waals surface area contributed by atoms with Crippen molar-refractivity contribution >= 4 is 23.4 Å². The van der Waals surface area contributed by atoms with Crippen LogP contribution < -0.4 is 16.4 Å². The molecule has 0 saturated heterocycles. The zero-order valence-electron chi connectivity index (χ0n) is 18.8. The molecule has 1 aliphatic heterocycles. The second-order valence-electron chi connectivity index (χ2n) is 7.91. The second-order valence-corrected chi connectivity index (χ2v) is 7.91. The van der Waals surface area contributed by atoms with Gasteiger partial charge in [-0.3, -0.25) is 14.4 Å². The molecular weight excluding hydrogens is 454 g/mol. The highest BCUT2D eigenvalue weighted by Gasteiger charge is 2.35. The number of fused-ring (bicyclic) bond motifs is 3. The second kappa shape index (κ2) is 11.6. The van der Waals surface area contributed by atoms with E-state index in [9.17, 15) is 31.9 Å². The molecule has 0 saturated carbocycles. The van der Waals surface area contributed by atoms with Crippen LogP contribution in [-0.2, 0) is 14.4 Å². The summed E-state index contributed by atoms with van der Waals surface area (Å²) in [6, 6.07) is 9.40. The molecule has 0 radical (unpaired) electrons. The molecule has 10 heteroatoms. The molecule has 6 nitrogen and oxygen atoms in total. The fraction of sp³-hybridized carbons (Fsp3) is 0.375. The molecule has 0 bridgehead atoms. The van der Waals surface area contributed by atoms with Crippen LogP contribution in [0.1, 0.15) is 51.1 Å². The number of carbonyl (C=O) groups is 3. The Hall–Kier alpha value is -3.43. The third-order valence-corrected chi connectivity index (χ3v) is 4.97. The summed E-state index contributed by atoms with van der Waals surface area (Å²) in [5.41, 5.74) is 6.23. The Morgan fingerprint density at radius 2 is 1.71 bits per heavy atom. The van der Waals surface area contributed by atoms with E-state index in [1.807, 2.05) is 0 Å². The first-order valence-electron chi connectivity index (χ1n) is 10.8. The van der Waals surface area contributed by atoms with E-state index in [2.05, 4.69) is 24.5 Å². The number of anilines is 1. The molecule has 2 atom stereocenters. The summed E-state index contributed by atoms with van der Waals surface area (Å²) < 4.78 is 52.2. The summed E-state index contributed by atoms with van der Waals surface area (Å²) in [6.07, 6.45) is -5.83. The molecule has 0 aliphatic carbocycles. The van der Waals surface area contributed by atoms with E-state index < -0.39 is 60.9 Å². The summed E-state index contributed by atoms with van der Waals surface area (Å²) in [5.74, 6) is -4.68. The summed E-state index contributed by atoms with van der Waals surface area (Å²) >= 11 is 0. The Bertz CT molecular complexity index is 1040. The van der Waals surface area contributed by atoms with Crippen molar-refractivity contribution in [1.82, 2.24) is 5.32 Å². The van der Waals surface area contributed by atoms with Gasteiger partial charge >= 0.3 is 6.18 Å². The molecule has 184 valence electrons. The third-order valence-electron chi connectivity index (χ3n) is 4.97. The first kappa shape index (κ1) is 26.8. The van der Waals surface area contributed by atoms with Gasteiger partial charge in [0.25, 0.3) is 5.91 Å². The van der Waals surface area contributed by atoms with Gasteiger partial charge in [-0.05, 0) is 23.6 Å². The standard InChI is InChI=1S/C21H19F4N3O3.C3H8/c22-15-7-3-6-13-12-4-1-2-5-14(12)18(20(31)27-17(13)15)28-19(30)11(10-16(26)29)8-9-21(23,24)25;1-3-2/h1-7,11,18H,8-10H2,(H2,26,29)(H,27,31)(H,28,30);3H2,1-2H3. The number of hydrogen-bond acceptors (Lipinski definition) is 3. The van der Waals surface area contributed by atoms with Crippen LogP contribution >= 0.6 is 0 Å². The van der Waals surface area contributed by atoms with E-state index >= 15 is 0 Å². The number of nitrogens with two attached hydrogens (primary N) is 1. The monoisotopic (exact) mass is 481 g/mol. The minimum absolute atomic E-state index is 0.0672. The molecule has 0 spiro atoms. The van der Waals surface area contributed by atoms with Crippen molar-refractivity contribution in [3.8, 4) is 11.1 Å². The highest BCUT2D eigenvalue weighted by atomic mass is 19.4. The van der Waals surface area contributed by atoms with Crippen LogP contribution in [0.4, 0.5) is 23.2 Å². The van der Waals surface area contributed by atoms with Crippen molar-refractivity contribution in [2.24, 2.45) is 11.7 Å². The Morgan fingerprint density at radius 3 is 2.32 bits per heavy atom. The number of hydrogen-bond donors (Lipinski definition) is 3. The van der Waals surface area contributed by atoms with Gasteiger partial charge in [-0.2, -0.15) is 13.2 Å². The SMILES string of the molecule is CCC.NC(=O)CC(CCC(F)(F)F)C(=O)NC1C(=O)Nc2c(F)cccc2-c2ccccc21. The van der Waals surface area contributed by atoms with E-state index in [1.165, 1.54) is 18.6 Å². The van der Waals surface area contributed by atoms with Gasteiger partial charge in [-0.25, -0.2) is 4.39 Å². The number of primary amides is 1. The predicted molar refractivity (Wildman–Crippen MR) is 120 cm³/mol. The number of benzene rings is 2. The van der Waals surface area contributed by atoms with Crippen molar-refractivity contribution < 1.29 is 31.9 Å². The maximum atomic E-state index is 14.3. The fourth-order valence-corrected chi connectivity index (χ4v) is 3.52. The number of para-hydroxylation sites is 1. The van der Waals surface area contributed by atoms with Gasteiger partial charge in [0.05, 0.1) is 5.69 Å². The van der Waals surface area contributed by atoms with Gasteiger partial charge in [0.1, 0.15) is 11.9 Å². The zero-order valence-corrected chi connectivity index (χ0v) is 18.8. The molecule has 3 amide bonds. The summed E-state index contributed by atoms with van der Waals surface area (Å²) in [5, 5.41) is 4.84. The van der Waals surface area contributed by atoms with Crippen molar-refractivity contribution in [3.05, 3.63) is 53.8 Å². The van der Waals surface area contributed by atoms with Gasteiger partial charge in [0, 0.05) is 24.3 Å². The molecule has 4 N–H and O–H groups in total. The summed E-state index contributed by atoms with van der Waals surface area (Å²) in [4.78, 5) is 36.8. The van der Waals surface area contributed by atoms with Crippen molar-refractivity contribution in [3.63, 3.8) is 0 Å². The van der Waals surface area contributed by atoms with E-state index in [4.69, 9.17) is 5.73 Å². The Morgan fingerprint density at radius 1 is 1.09 bits per heavy atom. The Labute approximate surface area is 194 Å². The molecule has 2 aromatic carbocycles. The molecule has 3 rings (SSSR count). The van der Waals surface area contributed by atoms with Crippen LogP contribution in [0.25, 0.3) is 11.1 Å². The molecule has 34 heavy (non-hydrogen) atoms.